The summed E-state index contributed by atoms with van der Waals surface area (Å²) in [5.41, 5.74) is 1.32. The molecule has 4 nitrogen and oxygen atoms in total. The number of benzene rings is 3. The lowest BCUT2D eigenvalue weighted by atomic mass is 10.0. The van der Waals surface area contributed by atoms with Gasteiger partial charge in [0, 0.05) is 24.1 Å². The van der Waals surface area contributed by atoms with Crippen LogP contribution in [0.1, 0.15) is 29.3 Å². The molecule has 0 spiro atoms. The van der Waals surface area contributed by atoms with Crippen LogP contribution in [-0.2, 0) is 6.61 Å². The Kier molecular flexibility index (Phi) is 6.80. The van der Waals surface area contributed by atoms with E-state index in [1.807, 2.05) is 30.3 Å². The normalized spacial score (nSPS) is 12.8. The highest BCUT2D eigenvalue weighted by Crippen LogP contribution is 2.39. The smallest absolute Gasteiger partial charge is 0.272 e. The number of ether oxygens (including phenoxy) is 2. The van der Waals surface area contributed by atoms with E-state index in [0.717, 1.165) is 5.56 Å². The van der Waals surface area contributed by atoms with E-state index in [1.165, 1.54) is 12.1 Å². The van der Waals surface area contributed by atoms with Crippen molar-refractivity contribution >= 4 is 29.0 Å². The summed E-state index contributed by atoms with van der Waals surface area (Å²) in [7, 11) is 0. The standard InChI is InChI=1S/C23H20Cl2O4/c1-2-23(27,22(26)17-11-7-4-8-12-17)29-21-19(24)13-18(14-20(21)25)28-15-16-9-5-3-6-10-16/h3-14,27H,2,15H2,1H3. The molecule has 0 saturated carbocycles. The van der Waals surface area contributed by atoms with Crippen molar-refractivity contribution in [3.05, 3.63) is 94.0 Å². The van der Waals surface area contributed by atoms with Crippen molar-refractivity contribution in [1.29, 1.82) is 0 Å². The molecule has 0 amide bonds. The number of hydrogen-bond donors (Lipinski definition) is 1. The van der Waals surface area contributed by atoms with Gasteiger partial charge in [-0.15, -0.1) is 0 Å². The van der Waals surface area contributed by atoms with E-state index in [1.54, 1.807) is 37.3 Å². The van der Waals surface area contributed by atoms with Gasteiger partial charge in [-0.1, -0.05) is 90.8 Å². The zero-order chi connectivity index (χ0) is 20.9. The Balaban J connectivity index is 1.80. The molecule has 29 heavy (non-hydrogen) atoms. The zero-order valence-electron chi connectivity index (χ0n) is 15.8. The number of ketones is 1. The first-order valence-corrected chi connectivity index (χ1v) is 9.85. The van der Waals surface area contributed by atoms with Gasteiger partial charge in [0.15, 0.2) is 5.75 Å². The van der Waals surface area contributed by atoms with E-state index in [-0.39, 0.29) is 22.2 Å². The third kappa shape index (κ3) is 5.10. The SMILES string of the molecule is CCC(O)(Oc1c(Cl)cc(OCc2ccccc2)cc1Cl)C(=O)c1ccccc1. The van der Waals surface area contributed by atoms with Crippen LogP contribution >= 0.6 is 23.2 Å². The Hall–Kier alpha value is -2.53. The highest BCUT2D eigenvalue weighted by Gasteiger charge is 2.38. The number of Topliss-reactive ketones (excluding diaryl/α,β-unsaturated/α-hetero) is 1. The molecular weight excluding hydrogens is 411 g/mol. The summed E-state index contributed by atoms with van der Waals surface area (Å²) in [6.45, 7) is 1.99. The first-order valence-electron chi connectivity index (χ1n) is 9.10. The number of rotatable bonds is 8. The van der Waals surface area contributed by atoms with Crippen molar-refractivity contribution in [3.63, 3.8) is 0 Å². The van der Waals surface area contributed by atoms with Gasteiger partial charge < -0.3 is 14.6 Å². The Morgan fingerprint density at radius 3 is 2.07 bits per heavy atom. The number of halogens is 2. The molecule has 0 aromatic heterocycles. The van der Waals surface area contributed by atoms with Gasteiger partial charge in [-0.3, -0.25) is 4.79 Å². The van der Waals surface area contributed by atoms with E-state index in [0.29, 0.717) is 17.9 Å². The van der Waals surface area contributed by atoms with Gasteiger partial charge in [-0.2, -0.15) is 0 Å². The average molecular weight is 431 g/mol. The molecular formula is C23H20Cl2O4. The third-order valence-electron chi connectivity index (χ3n) is 4.36. The Morgan fingerprint density at radius 1 is 0.966 bits per heavy atom. The largest absolute Gasteiger partial charge is 0.489 e. The van der Waals surface area contributed by atoms with E-state index >= 15 is 0 Å². The molecule has 1 unspecified atom stereocenters. The molecule has 0 heterocycles. The summed E-state index contributed by atoms with van der Waals surface area (Å²) in [4.78, 5) is 12.8. The molecule has 0 aliphatic heterocycles. The van der Waals surface area contributed by atoms with Crippen molar-refractivity contribution in [3.8, 4) is 11.5 Å². The lowest BCUT2D eigenvalue weighted by Crippen LogP contribution is -2.44. The second-order valence-corrected chi connectivity index (χ2v) is 7.24. The fourth-order valence-electron chi connectivity index (χ4n) is 2.72. The zero-order valence-corrected chi connectivity index (χ0v) is 17.3. The molecule has 1 N–H and O–H groups in total. The van der Waals surface area contributed by atoms with Crippen molar-refractivity contribution in [2.24, 2.45) is 0 Å². The lowest BCUT2D eigenvalue weighted by Gasteiger charge is -2.27. The van der Waals surface area contributed by atoms with E-state index < -0.39 is 11.6 Å². The minimum absolute atomic E-state index is 0.0135. The minimum atomic E-state index is -2.10. The monoisotopic (exact) mass is 430 g/mol. The van der Waals surface area contributed by atoms with Gasteiger partial charge in [-0.05, 0) is 5.56 Å². The number of aliphatic hydroxyl groups is 1. The number of hydrogen-bond acceptors (Lipinski definition) is 4. The van der Waals surface area contributed by atoms with E-state index in [2.05, 4.69) is 0 Å². The quantitative estimate of drug-likeness (QED) is 0.355. The summed E-state index contributed by atoms with van der Waals surface area (Å²) < 4.78 is 11.4. The van der Waals surface area contributed by atoms with Gasteiger partial charge in [0.05, 0.1) is 10.0 Å². The van der Waals surface area contributed by atoms with Gasteiger partial charge in [0.1, 0.15) is 12.4 Å². The molecule has 0 radical (unpaired) electrons. The first-order chi connectivity index (χ1) is 13.9. The average Bonchev–Trinajstić information content (AvgIpc) is 2.75. The van der Waals surface area contributed by atoms with Gasteiger partial charge >= 0.3 is 0 Å². The maximum Gasteiger partial charge on any atom is 0.272 e. The van der Waals surface area contributed by atoms with E-state index in [9.17, 15) is 9.90 Å². The summed E-state index contributed by atoms with van der Waals surface area (Å²) in [5, 5.41) is 11.1. The summed E-state index contributed by atoms with van der Waals surface area (Å²) in [6.07, 6.45) is 0.0135. The summed E-state index contributed by atoms with van der Waals surface area (Å²) in [6, 6.07) is 21.1. The molecule has 1 atom stereocenters. The van der Waals surface area contributed by atoms with Crippen molar-refractivity contribution in [1.82, 2.24) is 0 Å². The second kappa shape index (κ2) is 9.31. The summed E-state index contributed by atoms with van der Waals surface area (Å²) >= 11 is 12.6. The number of carbonyl (C=O) groups excluding carboxylic acids is 1. The van der Waals surface area contributed by atoms with Gasteiger partial charge in [-0.25, -0.2) is 0 Å². The van der Waals surface area contributed by atoms with Crippen molar-refractivity contribution in [2.45, 2.75) is 25.7 Å². The van der Waals surface area contributed by atoms with Crippen LogP contribution in [0.25, 0.3) is 0 Å². The van der Waals surface area contributed by atoms with Crippen molar-refractivity contribution < 1.29 is 19.4 Å². The highest BCUT2D eigenvalue weighted by molar-refractivity contribution is 6.37. The van der Waals surface area contributed by atoms with Crippen LogP contribution in [0.2, 0.25) is 10.0 Å². The van der Waals surface area contributed by atoms with Crippen LogP contribution in [0.5, 0.6) is 11.5 Å². The number of carbonyl (C=O) groups is 1. The van der Waals surface area contributed by atoms with Gasteiger partial charge in [0.2, 0.25) is 5.78 Å². The lowest BCUT2D eigenvalue weighted by molar-refractivity contribution is -0.102. The van der Waals surface area contributed by atoms with Crippen LogP contribution in [0.4, 0.5) is 0 Å². The Bertz CT molecular complexity index is 954. The van der Waals surface area contributed by atoms with Crippen LogP contribution in [0, 0.1) is 0 Å². The maximum atomic E-state index is 12.8. The third-order valence-corrected chi connectivity index (χ3v) is 4.92. The Labute approximate surface area is 179 Å². The molecule has 0 aliphatic carbocycles. The minimum Gasteiger partial charge on any atom is -0.489 e. The fraction of sp³-hybridized carbons (Fsp3) is 0.174. The molecule has 3 aromatic rings. The summed E-state index contributed by atoms with van der Waals surface area (Å²) in [5.74, 6) is -2.20. The van der Waals surface area contributed by atoms with Crippen molar-refractivity contribution in [2.75, 3.05) is 0 Å². The fourth-order valence-corrected chi connectivity index (χ4v) is 3.27. The molecule has 0 aliphatic rings. The maximum absolute atomic E-state index is 12.8. The first kappa shape index (κ1) is 21.2. The molecule has 6 heteroatoms. The van der Waals surface area contributed by atoms with Crippen LogP contribution in [0.3, 0.4) is 0 Å². The van der Waals surface area contributed by atoms with Crippen LogP contribution in [-0.4, -0.2) is 16.7 Å². The topological polar surface area (TPSA) is 55.8 Å². The highest BCUT2D eigenvalue weighted by atomic mass is 35.5. The predicted molar refractivity (Wildman–Crippen MR) is 114 cm³/mol. The predicted octanol–water partition coefficient (Wildman–Crippen LogP) is 5.93. The van der Waals surface area contributed by atoms with Crippen LogP contribution < -0.4 is 9.47 Å². The molecule has 150 valence electrons. The van der Waals surface area contributed by atoms with E-state index in [4.69, 9.17) is 32.7 Å². The molecule has 3 aromatic carbocycles. The molecule has 0 bridgehead atoms. The van der Waals surface area contributed by atoms with Crippen LogP contribution in [0.15, 0.2) is 72.8 Å². The molecule has 0 fully saturated rings. The van der Waals surface area contributed by atoms with Gasteiger partial charge in [0.25, 0.3) is 5.79 Å². The Morgan fingerprint density at radius 2 is 1.52 bits per heavy atom. The second-order valence-electron chi connectivity index (χ2n) is 6.43. The molecule has 3 rings (SSSR count). The molecule has 0 saturated heterocycles.